The van der Waals surface area contributed by atoms with Gasteiger partial charge in [0.25, 0.3) is 5.91 Å². The van der Waals surface area contributed by atoms with Crippen LogP contribution in [-0.2, 0) is 0 Å². The van der Waals surface area contributed by atoms with E-state index in [4.69, 9.17) is 23.2 Å². The molecular formula is C12H10Cl2N4O. The summed E-state index contributed by atoms with van der Waals surface area (Å²) < 4.78 is 0. The fourth-order valence-corrected chi connectivity index (χ4v) is 1.71. The highest BCUT2D eigenvalue weighted by Crippen LogP contribution is 2.16. The first-order valence-corrected chi connectivity index (χ1v) is 6.12. The van der Waals surface area contributed by atoms with Crippen LogP contribution in [0.2, 0.25) is 10.2 Å². The van der Waals surface area contributed by atoms with E-state index in [1.54, 1.807) is 25.2 Å². The second-order valence-corrected chi connectivity index (χ2v) is 4.45. The summed E-state index contributed by atoms with van der Waals surface area (Å²) in [6.45, 7) is 0. The van der Waals surface area contributed by atoms with Crippen LogP contribution in [0.25, 0.3) is 0 Å². The van der Waals surface area contributed by atoms with Gasteiger partial charge in [-0.1, -0.05) is 23.2 Å². The molecule has 0 aliphatic heterocycles. The van der Waals surface area contributed by atoms with Gasteiger partial charge in [0, 0.05) is 18.8 Å². The molecule has 0 radical (unpaired) electrons. The number of halogens is 2. The lowest BCUT2D eigenvalue weighted by Gasteiger charge is -2.06. The number of hydrogen-bond acceptors (Lipinski definition) is 4. The van der Waals surface area contributed by atoms with Gasteiger partial charge < -0.3 is 10.6 Å². The third-order valence-corrected chi connectivity index (χ3v) is 2.70. The molecule has 7 heteroatoms. The molecule has 0 aromatic carbocycles. The van der Waals surface area contributed by atoms with Gasteiger partial charge in [0.15, 0.2) is 0 Å². The molecule has 0 aliphatic rings. The van der Waals surface area contributed by atoms with E-state index in [0.717, 1.165) is 0 Å². The van der Waals surface area contributed by atoms with E-state index >= 15 is 0 Å². The van der Waals surface area contributed by atoms with Crippen LogP contribution in [0.15, 0.2) is 30.5 Å². The van der Waals surface area contributed by atoms with Crippen molar-refractivity contribution in [1.82, 2.24) is 9.97 Å². The summed E-state index contributed by atoms with van der Waals surface area (Å²) >= 11 is 11.5. The minimum atomic E-state index is -0.323. The van der Waals surface area contributed by atoms with Gasteiger partial charge in [-0.3, -0.25) is 4.79 Å². The molecule has 2 heterocycles. The van der Waals surface area contributed by atoms with E-state index in [1.165, 1.54) is 12.3 Å². The second-order valence-electron chi connectivity index (χ2n) is 3.63. The van der Waals surface area contributed by atoms with Crippen molar-refractivity contribution in [3.8, 4) is 0 Å². The van der Waals surface area contributed by atoms with E-state index in [9.17, 15) is 4.79 Å². The summed E-state index contributed by atoms with van der Waals surface area (Å²) in [5.74, 6) is 0.602. The topological polar surface area (TPSA) is 66.9 Å². The van der Waals surface area contributed by atoms with Crippen molar-refractivity contribution in [2.45, 2.75) is 0 Å². The smallest absolute Gasteiger partial charge is 0.257 e. The molecule has 98 valence electrons. The van der Waals surface area contributed by atoms with Crippen LogP contribution in [0.1, 0.15) is 10.4 Å². The highest BCUT2D eigenvalue weighted by atomic mass is 35.5. The molecule has 0 spiro atoms. The summed E-state index contributed by atoms with van der Waals surface area (Å²) in [6, 6.07) is 6.33. The minimum Gasteiger partial charge on any atom is -0.373 e. The number of amides is 1. The molecule has 0 bridgehead atoms. The van der Waals surface area contributed by atoms with Crippen LogP contribution >= 0.6 is 23.2 Å². The Morgan fingerprint density at radius 2 is 2.00 bits per heavy atom. The molecule has 19 heavy (non-hydrogen) atoms. The predicted octanol–water partition coefficient (Wildman–Crippen LogP) is 3.08. The maximum Gasteiger partial charge on any atom is 0.257 e. The predicted molar refractivity (Wildman–Crippen MR) is 76.0 cm³/mol. The molecule has 2 aromatic heterocycles. The van der Waals surface area contributed by atoms with E-state index in [-0.39, 0.29) is 11.1 Å². The quantitative estimate of drug-likeness (QED) is 0.854. The van der Waals surface area contributed by atoms with Crippen LogP contribution < -0.4 is 10.6 Å². The summed E-state index contributed by atoms with van der Waals surface area (Å²) in [5, 5.41) is 6.21. The average molecular weight is 297 g/mol. The zero-order valence-corrected chi connectivity index (χ0v) is 11.5. The first-order valence-electron chi connectivity index (χ1n) is 5.37. The molecule has 0 aliphatic carbocycles. The van der Waals surface area contributed by atoms with E-state index < -0.39 is 0 Å². The highest BCUT2D eigenvalue weighted by Gasteiger charge is 2.09. The lowest BCUT2D eigenvalue weighted by atomic mass is 10.2. The highest BCUT2D eigenvalue weighted by molar-refractivity contribution is 6.30. The summed E-state index contributed by atoms with van der Waals surface area (Å²) in [7, 11) is 1.70. The van der Waals surface area contributed by atoms with Gasteiger partial charge in [0.05, 0.1) is 5.02 Å². The maximum absolute atomic E-state index is 12.0. The zero-order valence-electron chi connectivity index (χ0n) is 9.95. The summed E-state index contributed by atoms with van der Waals surface area (Å²) in [5.41, 5.74) is 0.390. The van der Waals surface area contributed by atoms with Gasteiger partial charge in [-0.25, -0.2) is 9.97 Å². The van der Waals surface area contributed by atoms with Crippen LogP contribution in [0.4, 0.5) is 11.6 Å². The van der Waals surface area contributed by atoms with E-state index in [1.807, 2.05) is 0 Å². The number of hydrogen-bond donors (Lipinski definition) is 2. The van der Waals surface area contributed by atoms with Crippen molar-refractivity contribution in [3.05, 3.63) is 46.2 Å². The first-order chi connectivity index (χ1) is 9.08. The molecule has 0 saturated carbocycles. The van der Waals surface area contributed by atoms with Crippen molar-refractivity contribution in [3.63, 3.8) is 0 Å². The maximum atomic E-state index is 12.0. The molecule has 0 unspecified atom stereocenters. The zero-order chi connectivity index (χ0) is 13.8. The molecule has 0 saturated heterocycles. The van der Waals surface area contributed by atoms with Gasteiger partial charge in [0.1, 0.15) is 16.8 Å². The Hall–Kier alpha value is -1.85. The number of pyridine rings is 2. The number of carbonyl (C=O) groups excluding carboxylic acids is 1. The SMILES string of the molecule is CNc1cc(C(=O)Nc2ccc(Cl)cn2)cc(Cl)n1. The Morgan fingerprint density at radius 3 is 2.63 bits per heavy atom. The van der Waals surface area contributed by atoms with Crippen molar-refractivity contribution in [2.24, 2.45) is 0 Å². The molecule has 2 rings (SSSR count). The number of aromatic nitrogens is 2. The van der Waals surface area contributed by atoms with Gasteiger partial charge >= 0.3 is 0 Å². The van der Waals surface area contributed by atoms with Crippen molar-refractivity contribution >= 4 is 40.7 Å². The number of nitrogens with zero attached hydrogens (tertiary/aromatic N) is 2. The number of nitrogens with one attached hydrogen (secondary N) is 2. The third-order valence-electron chi connectivity index (χ3n) is 2.28. The lowest BCUT2D eigenvalue weighted by molar-refractivity contribution is 0.102. The van der Waals surface area contributed by atoms with Crippen molar-refractivity contribution in [2.75, 3.05) is 17.7 Å². The minimum absolute atomic E-state index is 0.237. The number of rotatable bonds is 3. The molecule has 0 fully saturated rings. The Kier molecular flexibility index (Phi) is 4.19. The Balaban J connectivity index is 2.20. The Labute approximate surface area is 120 Å². The van der Waals surface area contributed by atoms with Gasteiger partial charge in [-0.15, -0.1) is 0 Å². The van der Waals surface area contributed by atoms with Crippen LogP contribution in [0.3, 0.4) is 0 Å². The molecule has 5 nitrogen and oxygen atoms in total. The Morgan fingerprint density at radius 1 is 1.21 bits per heavy atom. The normalized spacial score (nSPS) is 10.1. The Bertz CT molecular complexity index is 601. The van der Waals surface area contributed by atoms with Gasteiger partial charge in [-0.2, -0.15) is 0 Å². The number of carbonyl (C=O) groups is 1. The second kappa shape index (κ2) is 5.86. The summed E-state index contributed by atoms with van der Waals surface area (Å²) in [6.07, 6.45) is 1.45. The standard InChI is InChI=1S/C12H10Cl2N4O/c1-15-11-5-7(4-9(14)17-11)12(19)18-10-3-2-8(13)6-16-10/h2-6H,1H3,(H,15,17)(H,16,18,19). The largest absolute Gasteiger partial charge is 0.373 e. The molecule has 1 amide bonds. The monoisotopic (exact) mass is 296 g/mol. The first kappa shape index (κ1) is 13.6. The number of anilines is 2. The molecule has 0 atom stereocenters. The van der Waals surface area contributed by atoms with E-state index in [0.29, 0.717) is 22.2 Å². The van der Waals surface area contributed by atoms with Crippen LogP contribution in [-0.4, -0.2) is 22.9 Å². The molecule has 2 N–H and O–H groups in total. The lowest BCUT2D eigenvalue weighted by Crippen LogP contribution is -2.13. The fourth-order valence-electron chi connectivity index (χ4n) is 1.39. The van der Waals surface area contributed by atoms with Gasteiger partial charge in [-0.05, 0) is 24.3 Å². The fraction of sp³-hybridized carbons (Fsp3) is 0.0833. The third kappa shape index (κ3) is 3.56. The van der Waals surface area contributed by atoms with Crippen molar-refractivity contribution < 1.29 is 4.79 Å². The van der Waals surface area contributed by atoms with Crippen LogP contribution in [0.5, 0.6) is 0 Å². The molecular weight excluding hydrogens is 287 g/mol. The van der Waals surface area contributed by atoms with E-state index in [2.05, 4.69) is 20.6 Å². The van der Waals surface area contributed by atoms with Crippen molar-refractivity contribution in [1.29, 1.82) is 0 Å². The average Bonchev–Trinajstić information content (AvgIpc) is 2.40. The van der Waals surface area contributed by atoms with Crippen LogP contribution in [0, 0.1) is 0 Å². The summed E-state index contributed by atoms with van der Waals surface area (Å²) in [4.78, 5) is 20.0. The van der Waals surface area contributed by atoms with Gasteiger partial charge in [0.2, 0.25) is 0 Å². The molecule has 2 aromatic rings.